The van der Waals surface area contributed by atoms with Crippen LogP contribution in [0.15, 0.2) is 0 Å². The average Bonchev–Trinajstić information content (AvgIpc) is 2.84. The van der Waals surface area contributed by atoms with Gasteiger partial charge >= 0.3 is 0 Å². The van der Waals surface area contributed by atoms with E-state index in [-0.39, 0.29) is 5.91 Å². The highest BCUT2D eigenvalue weighted by atomic mass is 16.5. The Morgan fingerprint density at radius 2 is 2.11 bits per heavy atom. The van der Waals surface area contributed by atoms with Gasteiger partial charge in [-0.3, -0.25) is 9.69 Å². The van der Waals surface area contributed by atoms with Gasteiger partial charge in [0.15, 0.2) is 0 Å². The van der Waals surface area contributed by atoms with Crippen LogP contribution in [0, 0.1) is 11.3 Å². The minimum Gasteiger partial charge on any atom is -0.379 e. The van der Waals surface area contributed by atoms with Crippen LogP contribution in [0.4, 0.5) is 0 Å². The third-order valence-electron chi connectivity index (χ3n) is 3.68. The van der Waals surface area contributed by atoms with E-state index < -0.39 is 5.54 Å². The summed E-state index contributed by atoms with van der Waals surface area (Å²) in [5.74, 6) is 0.0138. The van der Waals surface area contributed by atoms with Crippen LogP contribution in [-0.2, 0) is 9.53 Å². The summed E-state index contributed by atoms with van der Waals surface area (Å²) < 4.78 is 5.23. The Labute approximate surface area is 107 Å². The molecule has 0 saturated carbocycles. The Morgan fingerprint density at radius 3 is 2.67 bits per heavy atom. The van der Waals surface area contributed by atoms with E-state index in [0.29, 0.717) is 39.1 Å². The highest BCUT2D eigenvalue weighted by molar-refractivity contribution is 5.86. The third kappa shape index (κ3) is 2.80. The number of amides is 1. The number of nitrogens with zero attached hydrogens (tertiary/aromatic N) is 3. The first-order valence-corrected chi connectivity index (χ1v) is 6.41. The number of nitriles is 1. The summed E-state index contributed by atoms with van der Waals surface area (Å²) in [5, 5.41) is 8.54. The van der Waals surface area contributed by atoms with Gasteiger partial charge in [-0.1, -0.05) is 0 Å². The lowest BCUT2D eigenvalue weighted by Crippen LogP contribution is -2.60. The summed E-state index contributed by atoms with van der Waals surface area (Å²) in [6.07, 6.45) is 1.16. The van der Waals surface area contributed by atoms with Crippen molar-refractivity contribution in [1.29, 1.82) is 5.26 Å². The molecule has 0 aromatic carbocycles. The van der Waals surface area contributed by atoms with E-state index in [4.69, 9.17) is 15.7 Å². The largest absolute Gasteiger partial charge is 0.379 e. The molecule has 0 spiro atoms. The summed E-state index contributed by atoms with van der Waals surface area (Å²) in [6.45, 7) is 4.74. The zero-order valence-electron chi connectivity index (χ0n) is 10.6. The van der Waals surface area contributed by atoms with E-state index in [0.717, 1.165) is 19.6 Å². The minimum atomic E-state index is -0.811. The summed E-state index contributed by atoms with van der Waals surface area (Å²) in [6, 6.07) is 2.14. The molecule has 1 atom stereocenters. The van der Waals surface area contributed by atoms with Crippen LogP contribution in [0.3, 0.4) is 0 Å². The molecule has 0 aliphatic carbocycles. The van der Waals surface area contributed by atoms with E-state index in [1.54, 1.807) is 0 Å². The molecule has 1 unspecified atom stereocenters. The van der Waals surface area contributed by atoms with Gasteiger partial charge < -0.3 is 15.4 Å². The van der Waals surface area contributed by atoms with Gasteiger partial charge in [0, 0.05) is 45.8 Å². The van der Waals surface area contributed by atoms with E-state index in [1.165, 1.54) is 0 Å². The van der Waals surface area contributed by atoms with E-state index in [9.17, 15) is 4.79 Å². The molecular weight excluding hydrogens is 232 g/mol. The van der Waals surface area contributed by atoms with Crippen LogP contribution >= 0.6 is 0 Å². The second-order valence-electron chi connectivity index (χ2n) is 5.00. The van der Waals surface area contributed by atoms with Crippen molar-refractivity contribution >= 4 is 5.91 Å². The zero-order valence-corrected chi connectivity index (χ0v) is 10.6. The van der Waals surface area contributed by atoms with E-state index >= 15 is 0 Å². The molecule has 2 aliphatic heterocycles. The van der Waals surface area contributed by atoms with Gasteiger partial charge in [-0.15, -0.1) is 0 Å². The average molecular weight is 252 g/mol. The fourth-order valence-corrected chi connectivity index (χ4v) is 2.45. The van der Waals surface area contributed by atoms with Crippen molar-refractivity contribution in [2.24, 2.45) is 5.73 Å². The molecule has 6 nitrogen and oxygen atoms in total. The van der Waals surface area contributed by atoms with Gasteiger partial charge in [0.2, 0.25) is 5.91 Å². The Balaban J connectivity index is 1.82. The van der Waals surface area contributed by atoms with Crippen molar-refractivity contribution in [2.75, 3.05) is 45.9 Å². The fourth-order valence-electron chi connectivity index (χ4n) is 2.45. The SMILES string of the molecule is N#CCCN1CCN(C(=O)C2(N)CCOC2)CC1. The Hall–Kier alpha value is -1.16. The van der Waals surface area contributed by atoms with Crippen molar-refractivity contribution in [1.82, 2.24) is 9.80 Å². The maximum absolute atomic E-state index is 12.3. The maximum atomic E-state index is 12.3. The summed E-state index contributed by atoms with van der Waals surface area (Å²) in [4.78, 5) is 16.3. The van der Waals surface area contributed by atoms with Crippen LogP contribution in [0.25, 0.3) is 0 Å². The maximum Gasteiger partial charge on any atom is 0.245 e. The number of rotatable bonds is 3. The molecule has 6 heteroatoms. The third-order valence-corrected chi connectivity index (χ3v) is 3.68. The Morgan fingerprint density at radius 1 is 1.39 bits per heavy atom. The monoisotopic (exact) mass is 252 g/mol. The van der Waals surface area contributed by atoms with Gasteiger partial charge in [-0.05, 0) is 6.42 Å². The first-order chi connectivity index (χ1) is 8.65. The van der Waals surface area contributed by atoms with Crippen LogP contribution < -0.4 is 5.73 Å². The molecule has 2 N–H and O–H groups in total. The molecule has 18 heavy (non-hydrogen) atoms. The molecule has 2 aliphatic rings. The smallest absolute Gasteiger partial charge is 0.245 e. The van der Waals surface area contributed by atoms with E-state index in [1.807, 2.05) is 4.90 Å². The second-order valence-corrected chi connectivity index (χ2v) is 5.00. The van der Waals surface area contributed by atoms with E-state index in [2.05, 4.69) is 11.0 Å². The molecule has 2 fully saturated rings. The number of carbonyl (C=O) groups is 1. The molecule has 100 valence electrons. The van der Waals surface area contributed by atoms with Gasteiger partial charge in [0.25, 0.3) is 0 Å². The number of ether oxygens (including phenoxy) is 1. The van der Waals surface area contributed by atoms with Crippen molar-refractivity contribution < 1.29 is 9.53 Å². The Bertz CT molecular complexity index is 338. The van der Waals surface area contributed by atoms with Crippen molar-refractivity contribution in [3.8, 4) is 6.07 Å². The lowest BCUT2D eigenvalue weighted by atomic mass is 9.98. The number of hydrogen-bond donors (Lipinski definition) is 1. The van der Waals surface area contributed by atoms with Gasteiger partial charge in [-0.2, -0.15) is 5.26 Å². The number of carbonyl (C=O) groups excluding carboxylic acids is 1. The minimum absolute atomic E-state index is 0.0138. The van der Waals surface area contributed by atoms with Gasteiger partial charge in [-0.25, -0.2) is 0 Å². The predicted octanol–water partition coefficient (Wildman–Crippen LogP) is -0.838. The normalized spacial score (nSPS) is 29.2. The lowest BCUT2D eigenvalue weighted by molar-refractivity contribution is -0.138. The molecule has 0 aromatic heterocycles. The van der Waals surface area contributed by atoms with Crippen molar-refractivity contribution in [3.63, 3.8) is 0 Å². The summed E-state index contributed by atoms with van der Waals surface area (Å²) in [5.41, 5.74) is 5.26. The highest BCUT2D eigenvalue weighted by Gasteiger charge is 2.41. The molecule has 0 bridgehead atoms. The summed E-state index contributed by atoms with van der Waals surface area (Å²) in [7, 11) is 0. The van der Waals surface area contributed by atoms with Crippen LogP contribution in [0.1, 0.15) is 12.8 Å². The topological polar surface area (TPSA) is 82.6 Å². The predicted molar refractivity (Wildman–Crippen MR) is 65.6 cm³/mol. The molecular formula is C12H20N4O2. The Kier molecular flexibility index (Phi) is 4.17. The molecule has 2 heterocycles. The lowest BCUT2D eigenvalue weighted by Gasteiger charge is -2.37. The first kappa shape index (κ1) is 13.3. The zero-order chi connectivity index (χ0) is 13.0. The molecule has 1 amide bonds. The standard InChI is InChI=1S/C12H20N4O2/c13-3-1-4-15-5-7-16(8-6-15)11(17)12(14)2-9-18-10-12/h1-2,4-10,14H2. The second kappa shape index (κ2) is 5.65. The number of piperazine rings is 1. The number of hydrogen-bond acceptors (Lipinski definition) is 5. The quantitative estimate of drug-likeness (QED) is 0.708. The first-order valence-electron chi connectivity index (χ1n) is 6.41. The molecule has 0 aromatic rings. The van der Waals surface area contributed by atoms with Crippen molar-refractivity contribution in [2.45, 2.75) is 18.4 Å². The van der Waals surface area contributed by atoms with Crippen molar-refractivity contribution in [3.05, 3.63) is 0 Å². The highest BCUT2D eigenvalue weighted by Crippen LogP contribution is 2.19. The van der Waals surface area contributed by atoms with Crippen LogP contribution in [-0.4, -0.2) is 67.2 Å². The van der Waals surface area contributed by atoms with Crippen LogP contribution in [0.5, 0.6) is 0 Å². The van der Waals surface area contributed by atoms with Gasteiger partial charge in [0.05, 0.1) is 12.7 Å². The molecule has 0 radical (unpaired) electrons. The van der Waals surface area contributed by atoms with Crippen LogP contribution in [0.2, 0.25) is 0 Å². The fraction of sp³-hybridized carbons (Fsp3) is 0.833. The number of nitrogens with two attached hydrogens (primary N) is 1. The molecule has 2 rings (SSSR count). The summed E-state index contributed by atoms with van der Waals surface area (Å²) >= 11 is 0. The van der Waals surface area contributed by atoms with Gasteiger partial charge in [0.1, 0.15) is 5.54 Å². The molecule has 2 saturated heterocycles.